The van der Waals surface area contributed by atoms with Crippen molar-refractivity contribution in [3.63, 3.8) is 0 Å². The van der Waals surface area contributed by atoms with Crippen molar-refractivity contribution >= 4 is 15.7 Å². The Hall–Kier alpha value is -1.14. The fourth-order valence-corrected chi connectivity index (χ4v) is 4.19. The van der Waals surface area contributed by atoms with Crippen LogP contribution in [0.15, 0.2) is 17.0 Å². The summed E-state index contributed by atoms with van der Waals surface area (Å²) in [6.07, 6.45) is 2.12. The molecule has 1 saturated carbocycles. The summed E-state index contributed by atoms with van der Waals surface area (Å²) in [5.74, 6) is -0.155. The van der Waals surface area contributed by atoms with E-state index < -0.39 is 15.8 Å². The minimum atomic E-state index is -3.72. The molecule has 0 spiro atoms. The van der Waals surface area contributed by atoms with Crippen LogP contribution in [0.3, 0.4) is 0 Å². The van der Waals surface area contributed by atoms with E-state index in [1.54, 1.807) is 0 Å². The lowest BCUT2D eigenvalue weighted by Crippen LogP contribution is -2.38. The number of hydrogen-bond acceptors (Lipinski definition) is 3. The molecular weight excluding hydrogens is 279 g/mol. The van der Waals surface area contributed by atoms with Gasteiger partial charge >= 0.3 is 0 Å². The van der Waals surface area contributed by atoms with Gasteiger partial charge in [-0.3, -0.25) is 0 Å². The second-order valence-electron chi connectivity index (χ2n) is 5.74. The van der Waals surface area contributed by atoms with Crippen LogP contribution in [-0.2, 0) is 10.0 Å². The van der Waals surface area contributed by atoms with Crippen molar-refractivity contribution < 1.29 is 12.8 Å². The zero-order valence-corrected chi connectivity index (χ0v) is 12.9. The molecule has 0 unspecified atom stereocenters. The summed E-state index contributed by atoms with van der Waals surface area (Å²) in [6.45, 7) is 5.63. The number of nitrogen functional groups attached to an aromatic ring is 1. The highest BCUT2D eigenvalue weighted by molar-refractivity contribution is 7.89. The van der Waals surface area contributed by atoms with Gasteiger partial charge in [0.2, 0.25) is 10.0 Å². The number of nitrogens with two attached hydrogens (primary N) is 1. The van der Waals surface area contributed by atoms with E-state index in [0.29, 0.717) is 12.5 Å². The molecule has 0 amide bonds. The lowest BCUT2D eigenvalue weighted by molar-refractivity contribution is 0.341. The summed E-state index contributed by atoms with van der Waals surface area (Å²) < 4.78 is 40.7. The number of nitrogens with zero attached hydrogens (tertiary/aromatic N) is 1. The average Bonchev–Trinajstić information content (AvgIpc) is 3.13. The van der Waals surface area contributed by atoms with E-state index in [1.807, 2.05) is 13.8 Å². The molecule has 112 valence electrons. The summed E-state index contributed by atoms with van der Waals surface area (Å²) >= 11 is 0. The van der Waals surface area contributed by atoms with Gasteiger partial charge in [-0.15, -0.1) is 0 Å². The molecule has 0 heterocycles. The van der Waals surface area contributed by atoms with Crippen molar-refractivity contribution in [1.82, 2.24) is 4.31 Å². The van der Waals surface area contributed by atoms with Gasteiger partial charge in [-0.05, 0) is 51.7 Å². The Morgan fingerprint density at radius 2 is 2.00 bits per heavy atom. The largest absolute Gasteiger partial charge is 0.399 e. The average molecular weight is 300 g/mol. The van der Waals surface area contributed by atoms with Crippen LogP contribution in [0, 0.1) is 18.7 Å². The van der Waals surface area contributed by atoms with Crippen molar-refractivity contribution in [1.29, 1.82) is 0 Å². The first-order chi connectivity index (χ1) is 9.23. The number of rotatable bonds is 5. The van der Waals surface area contributed by atoms with Gasteiger partial charge in [-0.25, -0.2) is 12.8 Å². The minimum Gasteiger partial charge on any atom is -0.399 e. The van der Waals surface area contributed by atoms with Gasteiger partial charge in [0.1, 0.15) is 5.82 Å². The van der Waals surface area contributed by atoms with Crippen LogP contribution >= 0.6 is 0 Å². The smallest absolute Gasteiger partial charge is 0.243 e. The first-order valence-electron chi connectivity index (χ1n) is 6.81. The number of hydrogen-bond donors (Lipinski definition) is 1. The van der Waals surface area contributed by atoms with Crippen LogP contribution in [0.1, 0.15) is 32.3 Å². The van der Waals surface area contributed by atoms with Gasteiger partial charge < -0.3 is 5.73 Å². The van der Waals surface area contributed by atoms with Gasteiger partial charge in [0.25, 0.3) is 0 Å². The van der Waals surface area contributed by atoms with Crippen LogP contribution in [0.4, 0.5) is 10.1 Å². The third-order valence-corrected chi connectivity index (χ3v) is 5.78. The number of halogens is 1. The van der Waals surface area contributed by atoms with Gasteiger partial charge in [-0.1, -0.05) is 0 Å². The predicted octanol–water partition coefficient (Wildman–Crippen LogP) is 2.53. The maximum atomic E-state index is 13.7. The number of anilines is 1. The lowest BCUT2D eigenvalue weighted by Gasteiger charge is -2.26. The first-order valence-corrected chi connectivity index (χ1v) is 8.25. The Morgan fingerprint density at radius 1 is 1.40 bits per heavy atom. The second kappa shape index (κ2) is 5.33. The van der Waals surface area contributed by atoms with Crippen LogP contribution in [0.25, 0.3) is 0 Å². The second-order valence-corrected chi connectivity index (χ2v) is 7.60. The monoisotopic (exact) mass is 300 g/mol. The standard InChI is InChI=1S/C14H21FN2O2S/c1-9(2)17(8-11-4-5-11)20(18,19)14-7-12(16)6-13(15)10(14)3/h6-7,9,11H,4-5,8,16H2,1-3H3. The zero-order chi connectivity index (χ0) is 15.1. The Balaban J connectivity index is 2.46. The Labute approximate surface area is 119 Å². The zero-order valence-electron chi connectivity index (χ0n) is 12.1. The topological polar surface area (TPSA) is 63.4 Å². The van der Waals surface area contributed by atoms with E-state index in [-0.39, 0.29) is 22.2 Å². The highest BCUT2D eigenvalue weighted by atomic mass is 32.2. The molecule has 1 aromatic carbocycles. The van der Waals surface area contributed by atoms with Crippen LogP contribution < -0.4 is 5.73 Å². The molecule has 1 fully saturated rings. The fourth-order valence-electron chi connectivity index (χ4n) is 2.21. The van der Waals surface area contributed by atoms with Gasteiger partial charge in [0.15, 0.2) is 0 Å². The predicted molar refractivity (Wildman–Crippen MR) is 77.3 cm³/mol. The normalized spacial score (nSPS) is 16.1. The Morgan fingerprint density at radius 3 is 2.50 bits per heavy atom. The molecule has 0 aliphatic heterocycles. The van der Waals surface area contributed by atoms with Crippen molar-refractivity contribution in [2.45, 2.75) is 44.6 Å². The molecule has 2 N–H and O–H groups in total. The van der Waals surface area contributed by atoms with Crippen LogP contribution in [0.2, 0.25) is 0 Å². The van der Waals surface area contributed by atoms with Gasteiger partial charge in [0, 0.05) is 23.8 Å². The van der Waals surface area contributed by atoms with Crippen molar-refractivity contribution in [2.75, 3.05) is 12.3 Å². The summed E-state index contributed by atoms with van der Waals surface area (Å²) in [5, 5.41) is 0. The van der Waals surface area contributed by atoms with Crippen molar-refractivity contribution in [3.8, 4) is 0 Å². The van der Waals surface area contributed by atoms with Gasteiger partial charge in [-0.2, -0.15) is 4.31 Å². The highest BCUT2D eigenvalue weighted by Gasteiger charge is 2.34. The summed E-state index contributed by atoms with van der Waals surface area (Å²) in [7, 11) is -3.72. The summed E-state index contributed by atoms with van der Waals surface area (Å²) in [4.78, 5) is -0.0237. The molecule has 1 aliphatic carbocycles. The van der Waals surface area contributed by atoms with E-state index >= 15 is 0 Å². The van der Waals surface area contributed by atoms with Crippen molar-refractivity contribution in [3.05, 3.63) is 23.5 Å². The highest BCUT2D eigenvalue weighted by Crippen LogP contribution is 2.33. The first kappa shape index (κ1) is 15.3. The van der Waals surface area contributed by atoms with E-state index in [0.717, 1.165) is 18.9 Å². The Kier molecular flexibility index (Phi) is 4.07. The van der Waals surface area contributed by atoms with E-state index in [1.165, 1.54) is 17.3 Å². The summed E-state index contributed by atoms with van der Waals surface area (Å²) in [5.41, 5.74) is 5.84. The molecule has 0 saturated heterocycles. The number of benzene rings is 1. The van der Waals surface area contributed by atoms with E-state index in [4.69, 9.17) is 5.73 Å². The third kappa shape index (κ3) is 2.96. The van der Waals surface area contributed by atoms with Crippen LogP contribution in [-0.4, -0.2) is 25.3 Å². The molecule has 2 rings (SSSR count). The molecular formula is C14H21FN2O2S. The maximum absolute atomic E-state index is 13.7. The van der Waals surface area contributed by atoms with Gasteiger partial charge in [0.05, 0.1) is 4.90 Å². The fraction of sp³-hybridized carbons (Fsp3) is 0.571. The molecule has 1 aliphatic rings. The quantitative estimate of drug-likeness (QED) is 0.850. The molecule has 0 bridgehead atoms. The molecule has 6 heteroatoms. The van der Waals surface area contributed by atoms with E-state index in [2.05, 4.69) is 0 Å². The Bertz CT molecular complexity index is 610. The maximum Gasteiger partial charge on any atom is 0.243 e. The molecule has 0 radical (unpaired) electrons. The minimum absolute atomic E-state index is 0.0237. The molecule has 0 atom stereocenters. The van der Waals surface area contributed by atoms with Crippen LogP contribution in [0.5, 0.6) is 0 Å². The SMILES string of the molecule is Cc1c(F)cc(N)cc1S(=O)(=O)N(CC1CC1)C(C)C. The van der Waals surface area contributed by atoms with E-state index in [9.17, 15) is 12.8 Å². The number of sulfonamides is 1. The molecule has 0 aromatic heterocycles. The molecule has 1 aromatic rings. The molecule has 20 heavy (non-hydrogen) atoms. The van der Waals surface area contributed by atoms with Crippen molar-refractivity contribution in [2.24, 2.45) is 5.92 Å². The third-order valence-electron chi connectivity index (χ3n) is 3.62. The summed E-state index contributed by atoms with van der Waals surface area (Å²) in [6, 6.07) is 2.33. The molecule has 4 nitrogen and oxygen atoms in total. The lowest BCUT2D eigenvalue weighted by atomic mass is 10.2.